The lowest BCUT2D eigenvalue weighted by atomic mass is 10.1. The van der Waals surface area contributed by atoms with E-state index in [9.17, 15) is 4.79 Å². The molecule has 0 atom stereocenters. The smallest absolute Gasteiger partial charge is 0.162 e. The average molecular weight is 255 g/mol. The molecule has 1 rings (SSSR count). The maximum atomic E-state index is 11.6. The van der Waals surface area contributed by atoms with Gasteiger partial charge in [-0.1, -0.05) is 52.7 Å². The summed E-state index contributed by atoms with van der Waals surface area (Å²) in [5.74, 6) is 0.264. The molecule has 0 aliphatic carbocycles. The molecular formula is C12H15BrO. The Morgan fingerprint density at radius 3 is 2.43 bits per heavy atom. The lowest BCUT2D eigenvalue weighted by Crippen LogP contribution is -1.98. The zero-order valence-corrected chi connectivity index (χ0v) is 9.79. The summed E-state index contributed by atoms with van der Waals surface area (Å²) in [6.07, 6.45) is 3.96. The molecule has 0 saturated carbocycles. The number of hydrogen-bond acceptors (Lipinski definition) is 1. The minimum atomic E-state index is 0.264. The van der Waals surface area contributed by atoms with E-state index in [1.165, 1.54) is 0 Å². The van der Waals surface area contributed by atoms with Crippen LogP contribution in [0.25, 0.3) is 0 Å². The second-order valence-corrected chi connectivity index (χ2v) is 4.08. The van der Waals surface area contributed by atoms with Crippen molar-refractivity contribution in [3.63, 3.8) is 0 Å². The van der Waals surface area contributed by atoms with Gasteiger partial charge in [-0.25, -0.2) is 0 Å². The average Bonchev–Trinajstić information content (AvgIpc) is 2.25. The van der Waals surface area contributed by atoms with Crippen LogP contribution >= 0.6 is 15.9 Å². The van der Waals surface area contributed by atoms with Gasteiger partial charge in [-0.3, -0.25) is 4.79 Å². The summed E-state index contributed by atoms with van der Waals surface area (Å²) in [5, 5.41) is 1.03. The second kappa shape index (κ2) is 6.77. The molecule has 0 amide bonds. The van der Waals surface area contributed by atoms with Crippen molar-refractivity contribution < 1.29 is 4.79 Å². The van der Waals surface area contributed by atoms with E-state index >= 15 is 0 Å². The Morgan fingerprint density at radius 1 is 1.07 bits per heavy atom. The first-order valence-electron chi connectivity index (χ1n) is 4.99. The van der Waals surface area contributed by atoms with Crippen LogP contribution in [0.1, 0.15) is 36.0 Å². The van der Waals surface area contributed by atoms with Gasteiger partial charge in [0.05, 0.1) is 0 Å². The minimum absolute atomic E-state index is 0.264. The second-order valence-electron chi connectivity index (χ2n) is 3.29. The number of alkyl halides is 1. The number of halogens is 1. The summed E-state index contributed by atoms with van der Waals surface area (Å²) in [7, 11) is 0. The number of rotatable bonds is 6. The molecule has 0 radical (unpaired) electrons. The molecule has 1 nitrogen and oxygen atoms in total. The third-order valence-electron chi connectivity index (χ3n) is 2.13. The summed E-state index contributed by atoms with van der Waals surface area (Å²) in [6, 6.07) is 9.51. The number of unbranched alkanes of at least 4 members (excludes halogenated alkanes) is 2. The summed E-state index contributed by atoms with van der Waals surface area (Å²) in [4.78, 5) is 11.6. The van der Waals surface area contributed by atoms with Crippen LogP contribution in [0, 0.1) is 0 Å². The Labute approximate surface area is 93.7 Å². The van der Waals surface area contributed by atoms with E-state index in [4.69, 9.17) is 0 Å². The number of Topliss-reactive ketones (excluding diaryl/α,β-unsaturated/α-hetero) is 1. The molecule has 0 bridgehead atoms. The monoisotopic (exact) mass is 254 g/mol. The number of carbonyl (C=O) groups excluding carboxylic acids is 1. The highest BCUT2D eigenvalue weighted by molar-refractivity contribution is 9.09. The van der Waals surface area contributed by atoms with Gasteiger partial charge in [0.15, 0.2) is 5.78 Å². The van der Waals surface area contributed by atoms with E-state index < -0.39 is 0 Å². The Hall–Kier alpha value is -0.630. The predicted octanol–water partition coefficient (Wildman–Crippen LogP) is 3.82. The van der Waals surface area contributed by atoms with E-state index in [0.717, 1.165) is 30.2 Å². The Bertz CT molecular complexity index is 269. The van der Waals surface area contributed by atoms with Gasteiger partial charge in [0.2, 0.25) is 0 Å². The van der Waals surface area contributed by atoms with Crippen LogP contribution in [-0.2, 0) is 0 Å². The number of hydrogen-bond donors (Lipinski definition) is 0. The van der Waals surface area contributed by atoms with Crippen LogP contribution in [-0.4, -0.2) is 11.1 Å². The zero-order chi connectivity index (χ0) is 10.2. The van der Waals surface area contributed by atoms with Crippen LogP contribution in [0.15, 0.2) is 30.3 Å². The van der Waals surface area contributed by atoms with Gasteiger partial charge in [-0.2, -0.15) is 0 Å². The highest BCUT2D eigenvalue weighted by Crippen LogP contribution is 2.08. The first-order valence-corrected chi connectivity index (χ1v) is 6.11. The van der Waals surface area contributed by atoms with Crippen LogP contribution in [0.4, 0.5) is 0 Å². The normalized spacial score (nSPS) is 10.1. The molecule has 0 aliphatic rings. The lowest BCUT2D eigenvalue weighted by Gasteiger charge is -1.99. The molecule has 1 aromatic rings. The van der Waals surface area contributed by atoms with Crippen LogP contribution in [0.5, 0.6) is 0 Å². The summed E-state index contributed by atoms with van der Waals surface area (Å²) in [5.41, 5.74) is 0.839. The highest BCUT2D eigenvalue weighted by atomic mass is 79.9. The first-order chi connectivity index (χ1) is 6.84. The van der Waals surface area contributed by atoms with Crippen LogP contribution in [0.2, 0.25) is 0 Å². The summed E-state index contributed by atoms with van der Waals surface area (Å²) < 4.78 is 0. The zero-order valence-electron chi connectivity index (χ0n) is 8.21. The van der Waals surface area contributed by atoms with Crippen molar-refractivity contribution in [1.29, 1.82) is 0 Å². The van der Waals surface area contributed by atoms with E-state index in [-0.39, 0.29) is 5.78 Å². The molecule has 0 spiro atoms. The van der Waals surface area contributed by atoms with E-state index in [2.05, 4.69) is 15.9 Å². The third-order valence-corrected chi connectivity index (χ3v) is 2.69. The van der Waals surface area contributed by atoms with Crippen molar-refractivity contribution >= 4 is 21.7 Å². The summed E-state index contributed by atoms with van der Waals surface area (Å²) >= 11 is 3.38. The molecular weight excluding hydrogens is 240 g/mol. The Morgan fingerprint density at radius 2 is 1.79 bits per heavy atom. The fourth-order valence-corrected chi connectivity index (χ4v) is 1.72. The fraction of sp³-hybridized carbons (Fsp3) is 0.417. The minimum Gasteiger partial charge on any atom is -0.294 e. The topological polar surface area (TPSA) is 17.1 Å². The largest absolute Gasteiger partial charge is 0.294 e. The van der Waals surface area contributed by atoms with Gasteiger partial charge in [0.1, 0.15) is 0 Å². The molecule has 14 heavy (non-hydrogen) atoms. The van der Waals surface area contributed by atoms with Crippen molar-refractivity contribution in [2.24, 2.45) is 0 Å². The van der Waals surface area contributed by atoms with E-state index in [0.29, 0.717) is 6.42 Å². The molecule has 0 fully saturated rings. The quantitative estimate of drug-likeness (QED) is 0.429. The number of ketones is 1. The molecule has 0 unspecified atom stereocenters. The fourth-order valence-electron chi connectivity index (χ4n) is 1.33. The maximum Gasteiger partial charge on any atom is 0.162 e. The molecule has 0 aromatic heterocycles. The number of carbonyl (C=O) groups is 1. The SMILES string of the molecule is O=C(CCCCCBr)c1ccccc1. The van der Waals surface area contributed by atoms with Gasteiger partial charge >= 0.3 is 0 Å². The van der Waals surface area contributed by atoms with Gasteiger partial charge in [0, 0.05) is 17.3 Å². The van der Waals surface area contributed by atoms with Gasteiger partial charge in [-0.05, 0) is 12.8 Å². The molecule has 1 aromatic carbocycles. The molecule has 0 saturated heterocycles. The molecule has 0 N–H and O–H groups in total. The predicted molar refractivity (Wildman–Crippen MR) is 63.0 cm³/mol. The van der Waals surface area contributed by atoms with Crippen molar-refractivity contribution in [2.75, 3.05) is 5.33 Å². The van der Waals surface area contributed by atoms with Crippen molar-refractivity contribution in [1.82, 2.24) is 0 Å². The molecule has 76 valence electrons. The summed E-state index contributed by atoms with van der Waals surface area (Å²) in [6.45, 7) is 0. The Kier molecular flexibility index (Phi) is 5.53. The van der Waals surface area contributed by atoms with E-state index in [1.807, 2.05) is 30.3 Å². The van der Waals surface area contributed by atoms with Gasteiger partial charge in [-0.15, -0.1) is 0 Å². The van der Waals surface area contributed by atoms with Gasteiger partial charge < -0.3 is 0 Å². The first kappa shape index (κ1) is 11.4. The highest BCUT2D eigenvalue weighted by Gasteiger charge is 2.03. The standard InChI is InChI=1S/C12H15BrO/c13-10-6-2-5-9-12(14)11-7-3-1-4-8-11/h1,3-4,7-8H,2,5-6,9-10H2. The van der Waals surface area contributed by atoms with Crippen LogP contribution < -0.4 is 0 Å². The maximum absolute atomic E-state index is 11.6. The molecule has 0 aliphatic heterocycles. The van der Waals surface area contributed by atoms with Crippen molar-refractivity contribution in [3.8, 4) is 0 Å². The number of benzene rings is 1. The van der Waals surface area contributed by atoms with Crippen molar-refractivity contribution in [2.45, 2.75) is 25.7 Å². The third kappa shape index (κ3) is 4.05. The van der Waals surface area contributed by atoms with Crippen molar-refractivity contribution in [3.05, 3.63) is 35.9 Å². The van der Waals surface area contributed by atoms with Crippen LogP contribution in [0.3, 0.4) is 0 Å². The lowest BCUT2D eigenvalue weighted by molar-refractivity contribution is 0.0979. The molecule has 0 heterocycles. The molecule has 2 heteroatoms. The van der Waals surface area contributed by atoms with Gasteiger partial charge in [0.25, 0.3) is 0 Å². The Balaban J connectivity index is 2.29. The van der Waals surface area contributed by atoms with E-state index in [1.54, 1.807) is 0 Å².